The summed E-state index contributed by atoms with van der Waals surface area (Å²) < 4.78 is 7.09. The maximum absolute atomic E-state index is 4.77. The number of pyridine rings is 1. The van der Waals surface area contributed by atoms with E-state index in [1.807, 2.05) is 6.20 Å². The maximum atomic E-state index is 4.77. The van der Waals surface area contributed by atoms with Crippen LogP contribution in [0.5, 0.6) is 0 Å². The minimum Gasteiger partial charge on any atom is -0.309 e. The molecule has 0 aliphatic carbocycles. The van der Waals surface area contributed by atoms with Gasteiger partial charge in [-0.05, 0) is 60.0 Å². The van der Waals surface area contributed by atoms with Gasteiger partial charge in [-0.1, -0.05) is 78.9 Å². The molecule has 0 bridgehead atoms. The number of para-hydroxylation sites is 3. The second kappa shape index (κ2) is 8.34. The van der Waals surface area contributed by atoms with Crippen molar-refractivity contribution in [1.29, 1.82) is 0 Å². The molecule has 10 aromatic rings. The number of rotatable bonds is 2. The van der Waals surface area contributed by atoms with Gasteiger partial charge in [-0.3, -0.25) is 4.40 Å². The van der Waals surface area contributed by atoms with Gasteiger partial charge in [0.2, 0.25) is 0 Å². The molecule has 4 heteroatoms. The second-order valence-electron chi connectivity index (χ2n) is 11.2. The summed E-state index contributed by atoms with van der Waals surface area (Å²) in [6.45, 7) is 0. The molecule has 0 N–H and O–H groups in total. The molecule has 4 heterocycles. The topological polar surface area (TPSA) is 27.2 Å². The van der Waals surface area contributed by atoms with E-state index in [1.54, 1.807) is 0 Å². The Morgan fingerprint density at radius 3 is 1.53 bits per heavy atom. The minimum atomic E-state index is 0.986. The van der Waals surface area contributed by atoms with Crippen LogP contribution in [0.3, 0.4) is 0 Å². The van der Waals surface area contributed by atoms with E-state index in [1.165, 1.54) is 54.4 Å². The van der Waals surface area contributed by atoms with Gasteiger partial charge in [-0.2, -0.15) is 0 Å². The lowest BCUT2D eigenvalue weighted by Gasteiger charge is -2.11. The van der Waals surface area contributed by atoms with Crippen LogP contribution in [-0.2, 0) is 0 Å². The summed E-state index contributed by atoms with van der Waals surface area (Å²) >= 11 is 0. The molecule has 200 valence electrons. The van der Waals surface area contributed by atoms with Crippen LogP contribution in [0.15, 0.2) is 146 Å². The molecule has 0 radical (unpaired) electrons. The van der Waals surface area contributed by atoms with Gasteiger partial charge < -0.3 is 9.13 Å². The maximum Gasteiger partial charge on any atom is 0.145 e. The Morgan fingerprint density at radius 2 is 0.860 bits per heavy atom. The predicted molar refractivity (Wildman–Crippen MR) is 179 cm³/mol. The van der Waals surface area contributed by atoms with E-state index in [2.05, 4.69) is 153 Å². The van der Waals surface area contributed by atoms with E-state index in [0.29, 0.717) is 0 Å². The highest BCUT2D eigenvalue weighted by molar-refractivity contribution is 6.36. The molecule has 6 aromatic carbocycles. The lowest BCUT2D eigenvalue weighted by molar-refractivity contribution is 1.17. The first-order valence-electron chi connectivity index (χ1n) is 14.7. The van der Waals surface area contributed by atoms with Gasteiger partial charge in [0.15, 0.2) is 0 Å². The van der Waals surface area contributed by atoms with Gasteiger partial charge in [0.05, 0.1) is 27.6 Å². The monoisotopic (exact) mass is 548 g/mol. The van der Waals surface area contributed by atoms with E-state index in [0.717, 1.165) is 27.9 Å². The van der Waals surface area contributed by atoms with Crippen molar-refractivity contribution in [2.45, 2.75) is 0 Å². The van der Waals surface area contributed by atoms with Crippen LogP contribution < -0.4 is 0 Å². The van der Waals surface area contributed by atoms with Crippen LogP contribution in [0, 0.1) is 0 Å². The third-order valence-electron chi connectivity index (χ3n) is 9.08. The molecule has 43 heavy (non-hydrogen) atoms. The summed E-state index contributed by atoms with van der Waals surface area (Å²) in [6.07, 6.45) is 3.99. The first-order chi connectivity index (χ1) is 21.4. The Kier molecular flexibility index (Phi) is 4.42. The summed E-state index contributed by atoms with van der Waals surface area (Å²) in [4.78, 5) is 4.77. The van der Waals surface area contributed by atoms with Crippen molar-refractivity contribution in [3.05, 3.63) is 146 Å². The number of nitrogens with zero attached hydrogens (tertiary/aromatic N) is 4. The van der Waals surface area contributed by atoms with Crippen LogP contribution in [0.4, 0.5) is 0 Å². The Bertz CT molecular complexity index is 2710. The van der Waals surface area contributed by atoms with Crippen molar-refractivity contribution in [3.8, 4) is 11.4 Å². The standard InChI is InChI=1S/C39H24N4/c1-3-11-25(12-4-1)42-30-18-10-9-17-29(30)36-32(42)21-22-34-38(36)37-33(43(34)26-13-5-2-6-14-26)20-19-31-35(37)27-15-7-8-16-28(27)39-40-23-24-41(31)39/h1-24H. The Labute approximate surface area is 246 Å². The molecule has 0 amide bonds. The minimum absolute atomic E-state index is 0.986. The van der Waals surface area contributed by atoms with E-state index in [-0.39, 0.29) is 0 Å². The molecule has 0 atom stereocenters. The zero-order chi connectivity index (χ0) is 28.1. The molecular formula is C39H24N4. The number of hydrogen-bond donors (Lipinski definition) is 0. The summed E-state index contributed by atoms with van der Waals surface area (Å²) in [7, 11) is 0. The predicted octanol–water partition coefficient (Wildman–Crippen LogP) is 9.83. The summed E-state index contributed by atoms with van der Waals surface area (Å²) in [6, 6.07) is 48.2. The van der Waals surface area contributed by atoms with E-state index < -0.39 is 0 Å². The quantitative estimate of drug-likeness (QED) is 0.198. The Hall–Kier alpha value is -5.87. The third kappa shape index (κ3) is 2.92. The van der Waals surface area contributed by atoms with E-state index in [9.17, 15) is 0 Å². The molecule has 0 saturated carbocycles. The Balaban J connectivity index is 1.55. The SMILES string of the molecule is c1ccc(-n2c3ccccc3c3c4c5c6c7ccccc7c7nccn7c6ccc5n(-c5ccccc5)c4ccc32)cc1. The highest BCUT2D eigenvalue weighted by Crippen LogP contribution is 2.46. The van der Waals surface area contributed by atoms with Crippen LogP contribution >= 0.6 is 0 Å². The molecule has 4 nitrogen and oxygen atoms in total. The highest BCUT2D eigenvalue weighted by atomic mass is 15.0. The van der Waals surface area contributed by atoms with Crippen molar-refractivity contribution in [3.63, 3.8) is 0 Å². The van der Waals surface area contributed by atoms with Gasteiger partial charge >= 0.3 is 0 Å². The number of fused-ring (bicyclic) bond motifs is 14. The fourth-order valence-electron chi connectivity index (χ4n) is 7.42. The number of imidazole rings is 1. The van der Waals surface area contributed by atoms with Crippen LogP contribution in [0.25, 0.3) is 82.3 Å². The van der Waals surface area contributed by atoms with Crippen LogP contribution in [-0.4, -0.2) is 18.5 Å². The third-order valence-corrected chi connectivity index (χ3v) is 9.08. The molecule has 0 spiro atoms. The first kappa shape index (κ1) is 22.8. The largest absolute Gasteiger partial charge is 0.309 e. The van der Waals surface area contributed by atoms with Gasteiger partial charge in [0, 0.05) is 56.1 Å². The normalized spacial score (nSPS) is 12.2. The molecule has 4 aromatic heterocycles. The van der Waals surface area contributed by atoms with E-state index >= 15 is 0 Å². The van der Waals surface area contributed by atoms with Crippen LogP contribution in [0.1, 0.15) is 0 Å². The van der Waals surface area contributed by atoms with Gasteiger partial charge in [0.1, 0.15) is 5.65 Å². The molecule has 0 aliphatic heterocycles. The van der Waals surface area contributed by atoms with Gasteiger partial charge in [0.25, 0.3) is 0 Å². The average Bonchev–Trinajstić information content (AvgIpc) is 3.78. The first-order valence-corrected chi connectivity index (χ1v) is 14.7. The summed E-state index contributed by atoms with van der Waals surface area (Å²) in [5, 5.41) is 8.71. The molecule has 10 rings (SSSR count). The summed E-state index contributed by atoms with van der Waals surface area (Å²) in [5.74, 6) is 0. The fourth-order valence-corrected chi connectivity index (χ4v) is 7.42. The van der Waals surface area contributed by atoms with Gasteiger partial charge in [-0.15, -0.1) is 0 Å². The summed E-state index contributed by atoms with van der Waals surface area (Å²) in [5.41, 5.74) is 9.27. The average molecular weight is 549 g/mol. The van der Waals surface area contributed by atoms with Crippen molar-refractivity contribution in [2.24, 2.45) is 0 Å². The Morgan fingerprint density at radius 1 is 0.372 bits per heavy atom. The lowest BCUT2D eigenvalue weighted by atomic mass is 9.98. The lowest BCUT2D eigenvalue weighted by Crippen LogP contribution is -1.95. The molecule has 0 aliphatic rings. The van der Waals surface area contributed by atoms with E-state index in [4.69, 9.17) is 4.98 Å². The number of hydrogen-bond acceptors (Lipinski definition) is 1. The van der Waals surface area contributed by atoms with Crippen molar-refractivity contribution >= 4 is 70.9 Å². The smallest absolute Gasteiger partial charge is 0.145 e. The molecular weight excluding hydrogens is 524 g/mol. The number of benzene rings is 6. The van der Waals surface area contributed by atoms with Crippen molar-refractivity contribution in [1.82, 2.24) is 18.5 Å². The van der Waals surface area contributed by atoms with Gasteiger partial charge in [-0.25, -0.2) is 4.98 Å². The highest BCUT2D eigenvalue weighted by Gasteiger charge is 2.23. The molecule has 0 fully saturated rings. The molecule has 0 saturated heterocycles. The zero-order valence-electron chi connectivity index (χ0n) is 23.1. The van der Waals surface area contributed by atoms with Crippen molar-refractivity contribution < 1.29 is 0 Å². The van der Waals surface area contributed by atoms with Crippen LogP contribution in [0.2, 0.25) is 0 Å². The van der Waals surface area contributed by atoms with Crippen molar-refractivity contribution in [2.75, 3.05) is 0 Å². The second-order valence-corrected chi connectivity index (χ2v) is 11.2. The number of aromatic nitrogens is 4. The molecule has 0 unspecified atom stereocenters. The zero-order valence-corrected chi connectivity index (χ0v) is 23.1. The fraction of sp³-hybridized carbons (Fsp3) is 0.